The van der Waals surface area contributed by atoms with Gasteiger partial charge in [0.1, 0.15) is 11.4 Å². The molecule has 0 aromatic heterocycles. The first-order chi connectivity index (χ1) is 13.4. The van der Waals surface area contributed by atoms with Gasteiger partial charge in [-0.2, -0.15) is 13.2 Å². The molecular formula is C20H21F3N2O4. The summed E-state index contributed by atoms with van der Waals surface area (Å²) >= 11 is 0. The molecule has 2 aromatic carbocycles. The monoisotopic (exact) mass is 410 g/mol. The lowest BCUT2D eigenvalue weighted by Gasteiger charge is -2.20. The van der Waals surface area contributed by atoms with Crippen LogP contribution in [0.5, 0.6) is 5.75 Å². The van der Waals surface area contributed by atoms with Gasteiger partial charge in [0.2, 0.25) is 0 Å². The average Bonchev–Trinajstić information content (AvgIpc) is 2.59. The van der Waals surface area contributed by atoms with Gasteiger partial charge in [-0.05, 0) is 51.1 Å². The van der Waals surface area contributed by atoms with Gasteiger partial charge in [0, 0.05) is 5.69 Å². The predicted octanol–water partition coefficient (Wildman–Crippen LogP) is 5.31. The zero-order chi connectivity index (χ0) is 21.8. The summed E-state index contributed by atoms with van der Waals surface area (Å²) in [6.07, 6.45) is -5.42. The number of alkyl halides is 3. The van der Waals surface area contributed by atoms with Crippen LogP contribution in [0.2, 0.25) is 0 Å². The van der Waals surface area contributed by atoms with Crippen molar-refractivity contribution < 1.29 is 32.2 Å². The lowest BCUT2D eigenvalue weighted by molar-refractivity contribution is -0.137. The molecule has 0 saturated carbocycles. The number of ether oxygens (including phenoxy) is 2. The molecule has 9 heteroatoms. The molecule has 0 aliphatic heterocycles. The van der Waals surface area contributed by atoms with E-state index in [1.807, 2.05) is 0 Å². The Hall–Kier alpha value is -3.23. The third-order valence-corrected chi connectivity index (χ3v) is 3.57. The van der Waals surface area contributed by atoms with Crippen molar-refractivity contribution >= 4 is 23.4 Å². The number of methoxy groups -OCH3 is 1. The third-order valence-electron chi connectivity index (χ3n) is 3.57. The molecule has 0 radical (unpaired) electrons. The second-order valence-corrected chi connectivity index (χ2v) is 7.04. The molecule has 0 saturated heterocycles. The minimum Gasteiger partial charge on any atom is -0.495 e. The maximum Gasteiger partial charge on any atom is 0.417 e. The molecule has 0 atom stereocenters. The van der Waals surface area contributed by atoms with Crippen molar-refractivity contribution in [3.63, 3.8) is 0 Å². The van der Waals surface area contributed by atoms with Crippen LogP contribution in [0.25, 0.3) is 0 Å². The minimum atomic E-state index is -4.67. The van der Waals surface area contributed by atoms with Crippen LogP contribution in [-0.4, -0.2) is 24.7 Å². The highest BCUT2D eigenvalue weighted by Gasteiger charge is 2.34. The van der Waals surface area contributed by atoms with Gasteiger partial charge in [-0.25, -0.2) is 4.79 Å². The Bertz CT molecular complexity index is 905. The van der Waals surface area contributed by atoms with E-state index in [0.717, 1.165) is 12.1 Å². The van der Waals surface area contributed by atoms with Crippen molar-refractivity contribution in [2.24, 2.45) is 0 Å². The first-order valence-electron chi connectivity index (χ1n) is 8.56. The zero-order valence-corrected chi connectivity index (χ0v) is 16.3. The quantitative estimate of drug-likeness (QED) is 0.716. The summed E-state index contributed by atoms with van der Waals surface area (Å²) in [7, 11) is 1.38. The normalized spacial score (nSPS) is 11.6. The smallest absolute Gasteiger partial charge is 0.417 e. The van der Waals surface area contributed by atoms with Crippen LogP contribution in [0, 0.1) is 0 Å². The summed E-state index contributed by atoms with van der Waals surface area (Å²) < 4.78 is 49.7. The van der Waals surface area contributed by atoms with Crippen molar-refractivity contribution in [1.29, 1.82) is 0 Å². The van der Waals surface area contributed by atoms with Gasteiger partial charge in [-0.1, -0.05) is 12.1 Å². The van der Waals surface area contributed by atoms with Gasteiger partial charge in [0.15, 0.2) is 0 Å². The Kier molecular flexibility index (Phi) is 6.41. The lowest BCUT2D eigenvalue weighted by Crippen LogP contribution is -2.27. The van der Waals surface area contributed by atoms with Gasteiger partial charge in [-0.3, -0.25) is 10.1 Å². The van der Waals surface area contributed by atoms with Crippen molar-refractivity contribution in [3.05, 3.63) is 53.6 Å². The summed E-state index contributed by atoms with van der Waals surface area (Å²) in [6, 6.07) is 8.71. The summed E-state index contributed by atoms with van der Waals surface area (Å²) in [4.78, 5) is 24.4. The van der Waals surface area contributed by atoms with E-state index in [-0.39, 0.29) is 17.1 Å². The number of anilines is 2. The molecule has 0 unspecified atom stereocenters. The van der Waals surface area contributed by atoms with Gasteiger partial charge >= 0.3 is 12.3 Å². The van der Waals surface area contributed by atoms with E-state index in [1.165, 1.54) is 37.4 Å². The van der Waals surface area contributed by atoms with Crippen molar-refractivity contribution in [1.82, 2.24) is 0 Å². The van der Waals surface area contributed by atoms with E-state index in [9.17, 15) is 22.8 Å². The van der Waals surface area contributed by atoms with Crippen molar-refractivity contribution in [3.8, 4) is 5.75 Å². The Morgan fingerprint density at radius 3 is 2.21 bits per heavy atom. The Morgan fingerprint density at radius 2 is 1.62 bits per heavy atom. The van der Waals surface area contributed by atoms with Crippen molar-refractivity contribution in [2.45, 2.75) is 32.5 Å². The summed E-state index contributed by atoms with van der Waals surface area (Å²) in [5.74, 6) is -0.657. The number of halogens is 3. The van der Waals surface area contributed by atoms with E-state index in [0.29, 0.717) is 0 Å². The van der Waals surface area contributed by atoms with Crippen LogP contribution >= 0.6 is 0 Å². The van der Waals surface area contributed by atoms with Gasteiger partial charge in [0.25, 0.3) is 5.91 Å². The molecular weight excluding hydrogens is 389 g/mol. The number of carbonyl (C=O) groups excluding carboxylic acids is 2. The zero-order valence-electron chi connectivity index (χ0n) is 16.3. The largest absolute Gasteiger partial charge is 0.495 e. The average molecular weight is 410 g/mol. The summed E-state index contributed by atoms with van der Waals surface area (Å²) in [5.41, 5.74) is -1.94. The number of hydrogen-bond acceptors (Lipinski definition) is 4. The van der Waals surface area contributed by atoms with Gasteiger partial charge in [0.05, 0.1) is 23.9 Å². The molecule has 2 N–H and O–H groups in total. The predicted molar refractivity (Wildman–Crippen MR) is 102 cm³/mol. The molecule has 0 bridgehead atoms. The second kappa shape index (κ2) is 8.42. The number of benzene rings is 2. The van der Waals surface area contributed by atoms with Crippen LogP contribution in [-0.2, 0) is 10.9 Å². The highest BCUT2D eigenvalue weighted by molar-refractivity contribution is 6.06. The topological polar surface area (TPSA) is 76.7 Å². The van der Waals surface area contributed by atoms with Gasteiger partial charge < -0.3 is 14.8 Å². The maximum atomic E-state index is 13.1. The van der Waals surface area contributed by atoms with Crippen LogP contribution in [0.1, 0.15) is 36.7 Å². The molecule has 6 nitrogen and oxygen atoms in total. The van der Waals surface area contributed by atoms with Crippen LogP contribution < -0.4 is 15.4 Å². The standard InChI is InChI=1S/C20H21F3N2O4/c1-19(2,3)29-18(27)25-15-11-12(9-10-16(15)28-4)24-17(26)13-7-5-6-8-14(13)20(21,22)23/h5-11H,1-4H3,(H,24,26)(H,25,27). The Balaban J connectivity index is 2.26. The minimum absolute atomic E-state index is 0.166. The number of nitrogens with one attached hydrogen (secondary N) is 2. The van der Waals surface area contributed by atoms with Crippen LogP contribution in [0.3, 0.4) is 0 Å². The maximum absolute atomic E-state index is 13.1. The number of carbonyl (C=O) groups is 2. The summed E-state index contributed by atoms with van der Waals surface area (Å²) in [5, 5.41) is 4.89. The van der Waals surface area contributed by atoms with E-state index in [1.54, 1.807) is 20.8 Å². The van der Waals surface area contributed by atoms with Crippen molar-refractivity contribution in [2.75, 3.05) is 17.7 Å². The Morgan fingerprint density at radius 1 is 0.966 bits per heavy atom. The Labute approximate surface area is 166 Å². The molecule has 156 valence electrons. The fraction of sp³-hybridized carbons (Fsp3) is 0.300. The third kappa shape index (κ3) is 6.13. The van der Waals surface area contributed by atoms with E-state index >= 15 is 0 Å². The molecule has 2 amide bonds. The number of hydrogen-bond donors (Lipinski definition) is 2. The van der Waals surface area contributed by atoms with E-state index in [2.05, 4.69) is 10.6 Å². The molecule has 0 heterocycles. The summed E-state index contributed by atoms with van der Waals surface area (Å²) in [6.45, 7) is 5.08. The molecule has 0 spiro atoms. The SMILES string of the molecule is COc1ccc(NC(=O)c2ccccc2C(F)(F)F)cc1NC(=O)OC(C)(C)C. The molecule has 0 aliphatic rings. The molecule has 0 fully saturated rings. The first-order valence-corrected chi connectivity index (χ1v) is 8.56. The number of amides is 2. The molecule has 29 heavy (non-hydrogen) atoms. The molecule has 2 aromatic rings. The van der Waals surface area contributed by atoms with Gasteiger partial charge in [-0.15, -0.1) is 0 Å². The van der Waals surface area contributed by atoms with E-state index in [4.69, 9.17) is 9.47 Å². The molecule has 0 aliphatic carbocycles. The lowest BCUT2D eigenvalue weighted by atomic mass is 10.1. The highest BCUT2D eigenvalue weighted by atomic mass is 19.4. The second-order valence-electron chi connectivity index (χ2n) is 7.04. The fourth-order valence-corrected chi connectivity index (χ4v) is 2.42. The fourth-order valence-electron chi connectivity index (χ4n) is 2.42. The number of rotatable bonds is 4. The van der Waals surface area contributed by atoms with Crippen LogP contribution in [0.15, 0.2) is 42.5 Å². The van der Waals surface area contributed by atoms with Crippen LogP contribution in [0.4, 0.5) is 29.3 Å². The first kappa shape index (κ1) is 22.1. The molecule has 2 rings (SSSR count). The van der Waals surface area contributed by atoms with E-state index < -0.39 is 34.9 Å². The highest BCUT2D eigenvalue weighted by Crippen LogP contribution is 2.33.